The van der Waals surface area contributed by atoms with Crippen LogP contribution in [0.1, 0.15) is 5.76 Å². The third kappa shape index (κ3) is 2.80. The van der Waals surface area contributed by atoms with Crippen LogP contribution in [0.4, 0.5) is 14.5 Å². The van der Waals surface area contributed by atoms with E-state index in [1.165, 1.54) is 17.2 Å². The second kappa shape index (κ2) is 5.76. The molecule has 1 amide bonds. The van der Waals surface area contributed by atoms with Crippen molar-refractivity contribution in [1.82, 2.24) is 4.90 Å². The van der Waals surface area contributed by atoms with Gasteiger partial charge < -0.3 is 4.42 Å². The van der Waals surface area contributed by atoms with Crippen LogP contribution in [0.15, 0.2) is 50.9 Å². The Labute approximate surface area is 129 Å². The van der Waals surface area contributed by atoms with Gasteiger partial charge >= 0.3 is 0 Å². The molecular weight excluding hydrogens is 310 g/mol. The standard InChI is InChI=1S/C15H10F2N2O2S/c1-19-14(20)13(8-10-3-2-6-21-10)22-15(19)18-12-5-4-9(16)7-11(12)17/h2-8H,1H3/b13-8+,18-15?. The summed E-state index contributed by atoms with van der Waals surface area (Å²) < 4.78 is 31.7. The molecular formula is C15H10F2N2O2S. The molecule has 0 unspecified atom stereocenters. The zero-order valence-corrected chi connectivity index (χ0v) is 12.2. The lowest BCUT2D eigenvalue weighted by atomic mass is 10.3. The first kappa shape index (κ1) is 14.5. The Morgan fingerprint density at radius 2 is 2.14 bits per heavy atom. The number of benzene rings is 1. The maximum absolute atomic E-state index is 13.6. The number of hydrogen-bond donors (Lipinski definition) is 0. The van der Waals surface area contributed by atoms with Gasteiger partial charge in [0.05, 0.1) is 11.2 Å². The van der Waals surface area contributed by atoms with Crippen LogP contribution < -0.4 is 0 Å². The van der Waals surface area contributed by atoms with Crippen LogP contribution in [-0.2, 0) is 4.79 Å². The summed E-state index contributed by atoms with van der Waals surface area (Å²) in [5.41, 5.74) is -0.0252. The fourth-order valence-corrected chi connectivity index (χ4v) is 2.79. The molecule has 7 heteroatoms. The second-order valence-electron chi connectivity index (χ2n) is 4.48. The number of amides is 1. The van der Waals surface area contributed by atoms with Gasteiger partial charge in [0.25, 0.3) is 5.91 Å². The normalized spacial score (nSPS) is 18.7. The van der Waals surface area contributed by atoms with Crippen LogP contribution in [0.25, 0.3) is 6.08 Å². The summed E-state index contributed by atoms with van der Waals surface area (Å²) in [7, 11) is 1.54. The lowest BCUT2D eigenvalue weighted by Gasteiger charge is -2.07. The summed E-state index contributed by atoms with van der Waals surface area (Å²) in [6, 6.07) is 6.52. The van der Waals surface area contributed by atoms with Crippen molar-refractivity contribution >= 4 is 34.6 Å². The predicted octanol–water partition coefficient (Wildman–Crippen LogP) is 3.79. The van der Waals surface area contributed by atoms with E-state index in [4.69, 9.17) is 4.42 Å². The van der Waals surface area contributed by atoms with Gasteiger partial charge in [0.1, 0.15) is 17.3 Å². The Hall–Kier alpha value is -2.41. The molecule has 1 aromatic carbocycles. The summed E-state index contributed by atoms with van der Waals surface area (Å²) in [5, 5.41) is 0.313. The van der Waals surface area contributed by atoms with Gasteiger partial charge in [-0.2, -0.15) is 0 Å². The molecule has 0 atom stereocenters. The number of halogens is 2. The maximum Gasteiger partial charge on any atom is 0.266 e. The van der Waals surface area contributed by atoms with Crippen LogP contribution in [-0.4, -0.2) is 23.0 Å². The molecule has 1 aromatic heterocycles. The Morgan fingerprint density at radius 3 is 2.82 bits per heavy atom. The number of furan rings is 1. The highest BCUT2D eigenvalue weighted by atomic mass is 32.2. The van der Waals surface area contributed by atoms with Crippen LogP contribution in [0.3, 0.4) is 0 Å². The highest BCUT2D eigenvalue weighted by molar-refractivity contribution is 8.18. The molecule has 1 aliphatic heterocycles. The number of rotatable bonds is 2. The average molecular weight is 320 g/mol. The molecule has 0 saturated carbocycles. The van der Waals surface area contributed by atoms with E-state index in [0.717, 1.165) is 23.9 Å². The molecule has 0 N–H and O–H groups in total. The van der Waals surface area contributed by atoms with Crippen LogP contribution in [0.5, 0.6) is 0 Å². The predicted molar refractivity (Wildman–Crippen MR) is 80.5 cm³/mol. The molecule has 0 aliphatic carbocycles. The fraction of sp³-hybridized carbons (Fsp3) is 0.0667. The van der Waals surface area contributed by atoms with E-state index >= 15 is 0 Å². The number of carbonyl (C=O) groups excluding carboxylic acids is 1. The quantitative estimate of drug-likeness (QED) is 0.791. The van der Waals surface area contributed by atoms with E-state index in [1.807, 2.05) is 0 Å². The lowest BCUT2D eigenvalue weighted by molar-refractivity contribution is -0.121. The SMILES string of the molecule is CN1C(=O)/C(=C\c2ccco2)SC1=Nc1ccc(F)cc1F. The fourth-order valence-electron chi connectivity index (χ4n) is 1.83. The second-order valence-corrected chi connectivity index (χ2v) is 5.49. The first-order valence-electron chi connectivity index (χ1n) is 6.29. The van der Waals surface area contributed by atoms with E-state index in [1.54, 1.807) is 25.3 Å². The van der Waals surface area contributed by atoms with Crippen molar-refractivity contribution in [2.75, 3.05) is 7.05 Å². The number of thioether (sulfide) groups is 1. The van der Waals surface area contributed by atoms with Crippen molar-refractivity contribution in [3.05, 3.63) is 58.9 Å². The van der Waals surface area contributed by atoms with E-state index in [2.05, 4.69) is 4.99 Å². The highest BCUT2D eigenvalue weighted by Crippen LogP contribution is 2.33. The minimum atomic E-state index is -0.780. The molecule has 3 rings (SSSR count). The zero-order valence-electron chi connectivity index (χ0n) is 11.4. The number of likely N-dealkylation sites (N-methyl/N-ethyl adjacent to an activating group) is 1. The smallest absolute Gasteiger partial charge is 0.266 e. The summed E-state index contributed by atoms with van der Waals surface area (Å²) in [6.07, 6.45) is 3.09. The minimum absolute atomic E-state index is 0.0252. The Kier molecular flexibility index (Phi) is 3.81. The molecule has 2 aromatic rings. The molecule has 1 fully saturated rings. The monoisotopic (exact) mass is 320 g/mol. The van der Waals surface area contributed by atoms with Crippen LogP contribution in [0, 0.1) is 11.6 Å². The van der Waals surface area contributed by atoms with Gasteiger partial charge in [-0.15, -0.1) is 0 Å². The minimum Gasteiger partial charge on any atom is -0.465 e. The van der Waals surface area contributed by atoms with E-state index in [0.29, 0.717) is 15.8 Å². The van der Waals surface area contributed by atoms with Crippen LogP contribution >= 0.6 is 11.8 Å². The third-order valence-electron chi connectivity index (χ3n) is 2.95. The maximum atomic E-state index is 13.6. The summed E-state index contributed by atoms with van der Waals surface area (Å²) in [5.74, 6) is -1.18. The number of hydrogen-bond acceptors (Lipinski definition) is 4. The Balaban J connectivity index is 1.92. The Morgan fingerprint density at radius 1 is 1.32 bits per heavy atom. The molecule has 112 valence electrons. The topological polar surface area (TPSA) is 45.8 Å². The molecule has 1 saturated heterocycles. The zero-order chi connectivity index (χ0) is 15.7. The van der Waals surface area contributed by atoms with Gasteiger partial charge in [0, 0.05) is 19.2 Å². The van der Waals surface area contributed by atoms with Gasteiger partial charge in [-0.05, 0) is 36.0 Å². The molecule has 22 heavy (non-hydrogen) atoms. The number of carbonyl (C=O) groups is 1. The van der Waals surface area contributed by atoms with Crippen molar-refractivity contribution < 1.29 is 18.0 Å². The van der Waals surface area contributed by atoms with Gasteiger partial charge in [-0.25, -0.2) is 13.8 Å². The largest absolute Gasteiger partial charge is 0.465 e. The summed E-state index contributed by atoms with van der Waals surface area (Å²) >= 11 is 1.10. The Bertz CT molecular complexity index is 785. The molecule has 0 radical (unpaired) electrons. The molecule has 1 aliphatic rings. The summed E-state index contributed by atoms with van der Waals surface area (Å²) in [4.78, 5) is 17.9. The van der Waals surface area contributed by atoms with E-state index in [9.17, 15) is 13.6 Å². The van der Waals surface area contributed by atoms with Crippen molar-refractivity contribution in [2.24, 2.45) is 4.99 Å². The third-order valence-corrected chi connectivity index (χ3v) is 4.01. The van der Waals surface area contributed by atoms with Crippen molar-refractivity contribution in [3.8, 4) is 0 Å². The van der Waals surface area contributed by atoms with Crippen LogP contribution in [0.2, 0.25) is 0 Å². The molecule has 2 heterocycles. The van der Waals surface area contributed by atoms with E-state index < -0.39 is 11.6 Å². The van der Waals surface area contributed by atoms with Crippen molar-refractivity contribution in [1.29, 1.82) is 0 Å². The number of aliphatic imine (C=N–C) groups is 1. The lowest BCUT2D eigenvalue weighted by Crippen LogP contribution is -2.23. The number of nitrogens with zero attached hydrogens (tertiary/aromatic N) is 2. The highest BCUT2D eigenvalue weighted by Gasteiger charge is 2.30. The van der Waals surface area contributed by atoms with E-state index in [-0.39, 0.29) is 11.6 Å². The summed E-state index contributed by atoms with van der Waals surface area (Å²) in [6.45, 7) is 0. The molecule has 0 spiro atoms. The van der Waals surface area contributed by atoms with Crippen molar-refractivity contribution in [3.63, 3.8) is 0 Å². The number of amidine groups is 1. The average Bonchev–Trinajstić information content (AvgIpc) is 3.07. The first-order chi connectivity index (χ1) is 10.5. The first-order valence-corrected chi connectivity index (χ1v) is 7.11. The van der Waals surface area contributed by atoms with Gasteiger partial charge in [-0.3, -0.25) is 9.69 Å². The molecule has 4 nitrogen and oxygen atoms in total. The molecule has 0 bridgehead atoms. The van der Waals surface area contributed by atoms with Gasteiger partial charge in [0.15, 0.2) is 11.0 Å². The van der Waals surface area contributed by atoms with Gasteiger partial charge in [-0.1, -0.05) is 0 Å². The van der Waals surface area contributed by atoms with Gasteiger partial charge in [0.2, 0.25) is 0 Å². The van der Waals surface area contributed by atoms with Crippen molar-refractivity contribution in [2.45, 2.75) is 0 Å².